The van der Waals surface area contributed by atoms with E-state index in [0.29, 0.717) is 36.4 Å². The summed E-state index contributed by atoms with van der Waals surface area (Å²) >= 11 is 6.02. The lowest BCUT2D eigenvalue weighted by atomic mass is 10.1. The van der Waals surface area contributed by atoms with Crippen molar-refractivity contribution in [1.82, 2.24) is 30.9 Å². The maximum atomic E-state index is 12.9. The molecule has 0 unspecified atom stereocenters. The number of hydrogen-bond donors (Lipinski definition) is 6. The molecule has 1 fully saturated rings. The third-order valence-corrected chi connectivity index (χ3v) is 9.05. The molecule has 6 N–H and O–H groups in total. The molecule has 3 amide bonds. The summed E-state index contributed by atoms with van der Waals surface area (Å²) in [5, 5.41) is 23.7. The van der Waals surface area contributed by atoms with Gasteiger partial charge in [0.1, 0.15) is 6.04 Å². The van der Waals surface area contributed by atoms with E-state index in [1.807, 2.05) is 36.4 Å². The van der Waals surface area contributed by atoms with Crippen LogP contribution in [0.15, 0.2) is 72.8 Å². The number of carboxylic acid groups (broad SMARTS) is 1. The zero-order chi connectivity index (χ0) is 38.5. The lowest BCUT2D eigenvalue weighted by molar-refractivity contribution is -0.154. The Hall–Kier alpha value is -5.97. The van der Waals surface area contributed by atoms with Crippen LogP contribution in [0.1, 0.15) is 46.3 Å². The van der Waals surface area contributed by atoms with Gasteiger partial charge in [0, 0.05) is 28.9 Å². The molecule has 1 saturated carbocycles. The second-order valence-electron chi connectivity index (χ2n) is 12.8. The third-order valence-electron chi connectivity index (χ3n) is 8.80. The van der Waals surface area contributed by atoms with Gasteiger partial charge in [0.2, 0.25) is 11.9 Å². The second kappa shape index (κ2) is 16.0. The van der Waals surface area contributed by atoms with Gasteiger partial charge < -0.3 is 36.4 Å². The van der Waals surface area contributed by atoms with Crippen molar-refractivity contribution in [1.29, 1.82) is 0 Å². The number of halogens is 4. The van der Waals surface area contributed by atoms with E-state index < -0.39 is 54.1 Å². The number of aliphatic carboxylic acids is 1. The number of fused-ring (bicyclic) bond motifs is 1. The third kappa shape index (κ3) is 9.91. The first-order valence-corrected chi connectivity index (χ1v) is 17.2. The number of carboxylic acids is 1. The lowest BCUT2D eigenvalue weighted by Crippen LogP contribution is -2.47. The van der Waals surface area contributed by atoms with Gasteiger partial charge in [-0.3, -0.25) is 14.4 Å². The van der Waals surface area contributed by atoms with Gasteiger partial charge in [0.05, 0.1) is 5.54 Å². The van der Waals surface area contributed by atoms with Crippen LogP contribution in [0.2, 0.25) is 5.02 Å². The highest BCUT2D eigenvalue weighted by Crippen LogP contribution is 2.48. The summed E-state index contributed by atoms with van der Waals surface area (Å²) < 4.78 is 43.6. The van der Waals surface area contributed by atoms with E-state index >= 15 is 0 Å². The molecule has 0 aliphatic heterocycles. The predicted molar refractivity (Wildman–Crippen MR) is 189 cm³/mol. The van der Waals surface area contributed by atoms with E-state index in [1.54, 1.807) is 12.1 Å². The molecule has 0 radical (unpaired) electrons. The van der Waals surface area contributed by atoms with Crippen molar-refractivity contribution in [3.05, 3.63) is 100 Å². The Labute approximate surface area is 311 Å². The van der Waals surface area contributed by atoms with Crippen LogP contribution in [0.25, 0.3) is 0 Å². The Kier molecular flexibility index (Phi) is 11.2. The summed E-state index contributed by atoms with van der Waals surface area (Å²) in [7, 11) is 0. The van der Waals surface area contributed by atoms with E-state index in [4.69, 9.17) is 16.3 Å². The zero-order valence-electron chi connectivity index (χ0n) is 28.4. The van der Waals surface area contributed by atoms with Crippen molar-refractivity contribution in [3.8, 4) is 6.01 Å². The summed E-state index contributed by atoms with van der Waals surface area (Å²) in [6.07, 6.45) is -2.24. The van der Waals surface area contributed by atoms with Gasteiger partial charge in [0.25, 0.3) is 5.91 Å². The van der Waals surface area contributed by atoms with Crippen molar-refractivity contribution >= 4 is 52.9 Å². The van der Waals surface area contributed by atoms with Crippen LogP contribution in [0.5, 0.6) is 6.01 Å². The quantitative estimate of drug-likeness (QED) is 0.100. The average Bonchev–Trinajstić information content (AvgIpc) is 3.79. The van der Waals surface area contributed by atoms with Crippen LogP contribution in [-0.4, -0.2) is 75.2 Å². The van der Waals surface area contributed by atoms with Crippen LogP contribution < -0.4 is 31.3 Å². The first-order chi connectivity index (χ1) is 25.7. The number of aromatic nitrogens is 3. The number of alkyl halides is 3. The number of ether oxygens (including phenoxy) is 1. The number of anilines is 3. The van der Waals surface area contributed by atoms with Crippen LogP contribution in [0.3, 0.4) is 0 Å². The lowest BCUT2D eigenvalue weighted by Gasteiger charge is -2.19. The zero-order valence-corrected chi connectivity index (χ0v) is 29.1. The minimum absolute atomic E-state index is 0.0375. The number of hydrogen-bond acceptors (Lipinski definition) is 10. The molecule has 6 rings (SSSR count). The largest absolute Gasteiger partial charge is 0.480 e. The Morgan fingerprint density at radius 2 is 1.54 bits per heavy atom. The molecule has 0 saturated heterocycles. The topological polar surface area (TPSA) is 197 Å². The van der Waals surface area contributed by atoms with Gasteiger partial charge >= 0.3 is 30.0 Å². The number of amides is 3. The molecule has 1 aromatic heterocycles. The molecule has 1 atom stereocenters. The number of carbonyl (C=O) groups excluding carboxylic acids is 3. The first-order valence-electron chi connectivity index (χ1n) is 16.8. The van der Waals surface area contributed by atoms with E-state index in [-0.39, 0.29) is 36.5 Å². The van der Waals surface area contributed by atoms with Crippen molar-refractivity contribution in [2.75, 3.05) is 23.8 Å². The highest BCUT2D eigenvalue weighted by atomic mass is 35.5. The number of nitrogens with one attached hydrogen (secondary N) is 5. The summed E-state index contributed by atoms with van der Waals surface area (Å²) in [6.45, 7) is -1.83. The fourth-order valence-electron chi connectivity index (χ4n) is 5.93. The Bertz CT molecular complexity index is 2010. The molecule has 14 nitrogen and oxygen atoms in total. The molecule has 18 heteroatoms. The summed E-state index contributed by atoms with van der Waals surface area (Å²) in [5.74, 6) is -4.02. The second-order valence-corrected chi connectivity index (χ2v) is 13.3. The minimum atomic E-state index is -4.64. The molecule has 3 aromatic carbocycles. The smallest absolute Gasteiger partial charge is 0.422 e. The van der Waals surface area contributed by atoms with Gasteiger partial charge in [-0.1, -0.05) is 48.0 Å². The van der Waals surface area contributed by atoms with Crippen LogP contribution in [0, 0.1) is 0 Å². The Balaban J connectivity index is 1.03. The first kappa shape index (κ1) is 37.8. The Morgan fingerprint density at radius 1 is 0.889 bits per heavy atom. The SMILES string of the molecule is O=C(NCC[C@H](NC(=O)c1ccc(Nc2nc(NC3(c4ccc(Cl)cc4)CC3)nc(OCC(F)(F)F)n2)cc1)C(=O)O)C(=O)NC1Cc2ccccc2C1. The highest BCUT2D eigenvalue weighted by molar-refractivity contribution is 6.35. The molecule has 0 bridgehead atoms. The van der Waals surface area contributed by atoms with E-state index in [9.17, 15) is 37.5 Å². The summed E-state index contributed by atoms with van der Waals surface area (Å²) in [5.41, 5.74) is 2.94. The predicted octanol–water partition coefficient (Wildman–Crippen LogP) is 4.28. The van der Waals surface area contributed by atoms with Gasteiger partial charge in [-0.25, -0.2) is 4.79 Å². The standard InChI is InChI=1S/C36H34ClF3N8O6/c37-24-9-7-23(8-10-24)35(14-15-35)48-33-45-32(46-34(47-33)54-19-36(38,39)40)43-25-11-5-20(6-12-25)28(49)44-27(31(52)53)13-16-41-29(50)30(51)42-26-17-21-3-1-2-4-22(21)18-26/h1-12,26-27H,13-19H2,(H,41,50)(H,42,51)(H,44,49)(H,52,53)(H2,43,45,46,47,48)/t27-/m0/s1. The monoisotopic (exact) mass is 766 g/mol. The molecule has 4 aromatic rings. The van der Waals surface area contributed by atoms with Crippen molar-refractivity contribution in [2.24, 2.45) is 0 Å². The maximum Gasteiger partial charge on any atom is 0.422 e. The molecule has 2 aliphatic carbocycles. The fraction of sp³-hybridized carbons (Fsp3) is 0.306. The Morgan fingerprint density at radius 3 is 2.15 bits per heavy atom. The number of nitrogens with zero attached hydrogens (tertiary/aromatic N) is 3. The van der Waals surface area contributed by atoms with Gasteiger partial charge in [0.15, 0.2) is 6.61 Å². The average molecular weight is 767 g/mol. The van der Waals surface area contributed by atoms with Crippen LogP contribution in [-0.2, 0) is 32.8 Å². The number of rotatable bonds is 14. The summed E-state index contributed by atoms with van der Waals surface area (Å²) in [4.78, 5) is 61.9. The van der Waals surface area contributed by atoms with E-state index in [1.165, 1.54) is 24.3 Å². The molecule has 282 valence electrons. The fourth-order valence-corrected chi connectivity index (χ4v) is 6.05. The molecular weight excluding hydrogens is 733 g/mol. The highest BCUT2D eigenvalue weighted by Gasteiger charge is 2.45. The van der Waals surface area contributed by atoms with E-state index in [2.05, 4.69) is 41.5 Å². The molecular formula is C36H34ClF3N8O6. The molecule has 1 heterocycles. The van der Waals surface area contributed by atoms with Crippen molar-refractivity contribution in [2.45, 2.75) is 55.9 Å². The van der Waals surface area contributed by atoms with Crippen LogP contribution in [0.4, 0.5) is 30.8 Å². The van der Waals surface area contributed by atoms with Crippen LogP contribution >= 0.6 is 11.6 Å². The number of carbonyl (C=O) groups is 4. The van der Waals surface area contributed by atoms with Gasteiger partial charge in [-0.05, 0) is 85.2 Å². The number of benzene rings is 3. The van der Waals surface area contributed by atoms with Crippen molar-refractivity contribution in [3.63, 3.8) is 0 Å². The van der Waals surface area contributed by atoms with E-state index in [0.717, 1.165) is 16.7 Å². The maximum absolute atomic E-state index is 12.9. The molecule has 54 heavy (non-hydrogen) atoms. The van der Waals surface area contributed by atoms with Crippen molar-refractivity contribution < 1.29 is 42.2 Å². The van der Waals surface area contributed by atoms with Gasteiger partial charge in [-0.2, -0.15) is 28.1 Å². The normalized spacial score (nSPS) is 15.0. The van der Waals surface area contributed by atoms with Gasteiger partial charge in [-0.15, -0.1) is 0 Å². The minimum Gasteiger partial charge on any atom is -0.480 e. The molecule has 2 aliphatic rings. The molecule has 0 spiro atoms. The summed E-state index contributed by atoms with van der Waals surface area (Å²) in [6, 6.07) is 18.3.